The molecule has 0 radical (unpaired) electrons. The Kier molecular flexibility index (Phi) is 5.12. The van der Waals surface area contributed by atoms with E-state index in [0.29, 0.717) is 12.5 Å². The topological polar surface area (TPSA) is 49.4 Å². The van der Waals surface area contributed by atoms with Gasteiger partial charge >= 0.3 is 0 Å². The van der Waals surface area contributed by atoms with E-state index in [4.69, 9.17) is 0 Å². The summed E-state index contributed by atoms with van der Waals surface area (Å²) < 4.78 is 0. The summed E-state index contributed by atoms with van der Waals surface area (Å²) in [5, 5.41) is 2.66. The van der Waals surface area contributed by atoms with Crippen LogP contribution >= 0.6 is 11.8 Å². The first-order chi connectivity index (χ1) is 7.56. The van der Waals surface area contributed by atoms with Crippen LogP contribution in [0.5, 0.6) is 0 Å². The molecule has 1 rings (SSSR count). The summed E-state index contributed by atoms with van der Waals surface area (Å²) in [6.07, 6.45) is 2.75. The van der Waals surface area contributed by atoms with E-state index in [-0.39, 0.29) is 24.4 Å². The molecule has 0 saturated carbocycles. The van der Waals surface area contributed by atoms with Gasteiger partial charge in [0.25, 0.3) is 0 Å². The van der Waals surface area contributed by atoms with Gasteiger partial charge in [-0.2, -0.15) is 11.8 Å². The highest BCUT2D eigenvalue weighted by Gasteiger charge is 2.34. The number of piperazine rings is 1. The van der Waals surface area contributed by atoms with Crippen molar-refractivity contribution in [3.63, 3.8) is 0 Å². The monoisotopic (exact) mass is 244 g/mol. The molecule has 0 aromatic carbocycles. The number of carbonyl (C=O) groups is 2. The molecule has 1 aliphatic rings. The molecular formula is C11H20N2O2S. The minimum atomic E-state index is -0.270. The predicted octanol–water partition coefficient (Wildman–Crippen LogP) is 0.722. The van der Waals surface area contributed by atoms with Gasteiger partial charge in [0.05, 0.1) is 6.54 Å². The molecule has 0 aliphatic carbocycles. The Labute approximate surface area is 101 Å². The summed E-state index contributed by atoms with van der Waals surface area (Å²) >= 11 is 1.69. The van der Waals surface area contributed by atoms with Crippen LogP contribution in [0.1, 0.15) is 20.3 Å². The summed E-state index contributed by atoms with van der Waals surface area (Å²) in [5.74, 6) is 1.33. The minimum Gasteiger partial charge on any atom is -0.345 e. The van der Waals surface area contributed by atoms with Crippen molar-refractivity contribution >= 4 is 23.6 Å². The Bertz CT molecular complexity index is 269. The lowest BCUT2D eigenvalue weighted by molar-refractivity contribution is -0.145. The first kappa shape index (κ1) is 13.4. The third kappa shape index (κ3) is 3.40. The van der Waals surface area contributed by atoms with E-state index in [1.54, 1.807) is 16.7 Å². The highest BCUT2D eigenvalue weighted by atomic mass is 32.2. The fourth-order valence-corrected chi connectivity index (χ4v) is 2.23. The van der Waals surface area contributed by atoms with E-state index < -0.39 is 0 Å². The third-order valence-electron chi connectivity index (χ3n) is 2.64. The zero-order valence-corrected chi connectivity index (χ0v) is 11.0. The van der Waals surface area contributed by atoms with Crippen molar-refractivity contribution in [2.24, 2.45) is 5.92 Å². The van der Waals surface area contributed by atoms with E-state index in [0.717, 1.165) is 12.2 Å². The number of nitrogens with one attached hydrogen (secondary N) is 1. The van der Waals surface area contributed by atoms with E-state index in [9.17, 15) is 9.59 Å². The number of hydrogen-bond acceptors (Lipinski definition) is 3. The van der Waals surface area contributed by atoms with E-state index in [1.807, 2.05) is 6.26 Å². The van der Waals surface area contributed by atoms with E-state index in [2.05, 4.69) is 19.2 Å². The number of carbonyl (C=O) groups excluding carboxylic acids is 2. The lowest BCUT2D eigenvalue weighted by atomic mass is 10.00. The fourth-order valence-electron chi connectivity index (χ4n) is 1.85. The largest absolute Gasteiger partial charge is 0.345 e. The lowest BCUT2D eigenvalue weighted by Crippen LogP contribution is -2.59. The van der Waals surface area contributed by atoms with Gasteiger partial charge in [0.15, 0.2) is 0 Å². The molecule has 1 heterocycles. The number of nitrogens with zero attached hydrogens (tertiary/aromatic N) is 1. The number of hydrogen-bond donors (Lipinski definition) is 1. The zero-order chi connectivity index (χ0) is 12.1. The summed E-state index contributed by atoms with van der Waals surface area (Å²) in [5.41, 5.74) is 0. The first-order valence-corrected chi connectivity index (χ1v) is 7.01. The van der Waals surface area contributed by atoms with Crippen LogP contribution in [-0.2, 0) is 9.59 Å². The summed E-state index contributed by atoms with van der Waals surface area (Å²) in [4.78, 5) is 25.2. The number of rotatable bonds is 5. The van der Waals surface area contributed by atoms with Gasteiger partial charge in [0, 0.05) is 12.3 Å². The summed E-state index contributed by atoms with van der Waals surface area (Å²) in [6, 6.07) is -0.270. The molecule has 0 spiro atoms. The Morgan fingerprint density at radius 3 is 2.75 bits per heavy atom. The highest BCUT2D eigenvalue weighted by molar-refractivity contribution is 7.98. The molecule has 0 aromatic rings. The summed E-state index contributed by atoms with van der Waals surface area (Å²) in [6.45, 7) is 4.96. The van der Waals surface area contributed by atoms with Crippen molar-refractivity contribution in [1.82, 2.24) is 10.2 Å². The molecule has 1 atom stereocenters. The van der Waals surface area contributed by atoms with Gasteiger partial charge in [-0.1, -0.05) is 13.8 Å². The van der Waals surface area contributed by atoms with Crippen molar-refractivity contribution in [2.75, 3.05) is 25.1 Å². The standard InChI is InChI=1S/C11H20N2O2S/c1-8(2)6-9-11(15)12-7-10(14)13(9)4-5-16-3/h8-9H,4-7H2,1-3H3,(H,12,15). The van der Waals surface area contributed by atoms with Gasteiger partial charge in [-0.25, -0.2) is 0 Å². The van der Waals surface area contributed by atoms with Crippen LogP contribution in [0.4, 0.5) is 0 Å². The summed E-state index contributed by atoms with van der Waals surface area (Å²) in [7, 11) is 0. The van der Waals surface area contributed by atoms with Crippen LogP contribution in [0.3, 0.4) is 0 Å². The van der Waals surface area contributed by atoms with Gasteiger partial charge in [-0.05, 0) is 18.6 Å². The molecule has 16 heavy (non-hydrogen) atoms. The molecule has 0 bridgehead atoms. The zero-order valence-electron chi connectivity index (χ0n) is 10.2. The molecule has 4 nitrogen and oxygen atoms in total. The Hall–Kier alpha value is -0.710. The van der Waals surface area contributed by atoms with Crippen LogP contribution < -0.4 is 5.32 Å². The second-order valence-electron chi connectivity index (χ2n) is 4.44. The molecular weight excluding hydrogens is 224 g/mol. The second-order valence-corrected chi connectivity index (χ2v) is 5.43. The fraction of sp³-hybridized carbons (Fsp3) is 0.818. The molecule has 1 aliphatic heterocycles. The molecule has 1 N–H and O–H groups in total. The second kappa shape index (κ2) is 6.13. The van der Waals surface area contributed by atoms with Gasteiger partial charge in [-0.3, -0.25) is 9.59 Å². The van der Waals surface area contributed by atoms with Crippen molar-refractivity contribution in [3.05, 3.63) is 0 Å². The lowest BCUT2D eigenvalue weighted by Gasteiger charge is -2.35. The highest BCUT2D eigenvalue weighted by Crippen LogP contribution is 2.15. The Balaban J connectivity index is 2.69. The molecule has 5 heteroatoms. The molecule has 92 valence electrons. The molecule has 1 saturated heterocycles. The molecule has 2 amide bonds. The van der Waals surface area contributed by atoms with Crippen LogP contribution in [0.15, 0.2) is 0 Å². The quantitative estimate of drug-likeness (QED) is 0.775. The van der Waals surface area contributed by atoms with Gasteiger partial charge < -0.3 is 10.2 Å². The average molecular weight is 244 g/mol. The average Bonchev–Trinajstić information content (AvgIpc) is 2.22. The number of thioether (sulfide) groups is 1. The van der Waals surface area contributed by atoms with Crippen molar-refractivity contribution in [1.29, 1.82) is 0 Å². The predicted molar refractivity (Wildman–Crippen MR) is 66.3 cm³/mol. The molecule has 0 aromatic heterocycles. The maximum Gasteiger partial charge on any atom is 0.243 e. The molecule has 1 unspecified atom stereocenters. The molecule has 1 fully saturated rings. The normalized spacial score (nSPS) is 21.5. The van der Waals surface area contributed by atoms with Crippen molar-refractivity contribution in [2.45, 2.75) is 26.3 Å². The maximum atomic E-state index is 11.7. The van der Waals surface area contributed by atoms with Crippen LogP contribution in [-0.4, -0.2) is 47.9 Å². The van der Waals surface area contributed by atoms with Crippen molar-refractivity contribution < 1.29 is 9.59 Å². The first-order valence-electron chi connectivity index (χ1n) is 5.62. The Morgan fingerprint density at radius 1 is 1.50 bits per heavy atom. The number of amides is 2. The minimum absolute atomic E-state index is 0.00518. The maximum absolute atomic E-state index is 11.7. The van der Waals surface area contributed by atoms with Crippen LogP contribution in [0.2, 0.25) is 0 Å². The van der Waals surface area contributed by atoms with E-state index in [1.165, 1.54) is 0 Å². The van der Waals surface area contributed by atoms with Gasteiger partial charge in [-0.15, -0.1) is 0 Å². The van der Waals surface area contributed by atoms with E-state index >= 15 is 0 Å². The van der Waals surface area contributed by atoms with Crippen LogP contribution in [0, 0.1) is 5.92 Å². The SMILES string of the molecule is CSCCN1C(=O)CNC(=O)C1CC(C)C. The van der Waals surface area contributed by atoms with Gasteiger partial charge in [0.2, 0.25) is 11.8 Å². The van der Waals surface area contributed by atoms with Gasteiger partial charge in [0.1, 0.15) is 6.04 Å². The Morgan fingerprint density at radius 2 is 2.19 bits per heavy atom. The smallest absolute Gasteiger partial charge is 0.243 e. The van der Waals surface area contributed by atoms with Crippen LogP contribution in [0.25, 0.3) is 0 Å². The van der Waals surface area contributed by atoms with Crippen molar-refractivity contribution in [3.8, 4) is 0 Å². The third-order valence-corrected chi connectivity index (χ3v) is 3.23.